The highest BCUT2D eigenvalue weighted by atomic mass is 16.4. The number of aromatic carboxylic acids is 1. The third-order valence-corrected chi connectivity index (χ3v) is 2.84. The minimum absolute atomic E-state index is 0.00478. The first-order valence-electron chi connectivity index (χ1n) is 6.09. The highest BCUT2D eigenvalue weighted by Gasteiger charge is 2.15. The molecule has 2 aromatic heterocycles. The molecule has 7 nitrogen and oxygen atoms in total. The third-order valence-electron chi connectivity index (χ3n) is 2.84. The van der Waals surface area contributed by atoms with Crippen molar-refractivity contribution < 1.29 is 14.7 Å². The molecule has 0 aliphatic rings. The summed E-state index contributed by atoms with van der Waals surface area (Å²) < 4.78 is 0. The van der Waals surface area contributed by atoms with E-state index in [2.05, 4.69) is 15.3 Å². The van der Waals surface area contributed by atoms with Gasteiger partial charge in [-0.2, -0.15) is 0 Å². The number of amides is 1. The first-order valence-corrected chi connectivity index (χ1v) is 6.09. The van der Waals surface area contributed by atoms with Crippen molar-refractivity contribution >= 4 is 17.7 Å². The van der Waals surface area contributed by atoms with E-state index in [1.54, 1.807) is 19.9 Å². The molecule has 0 aliphatic heterocycles. The highest BCUT2D eigenvalue weighted by molar-refractivity contribution is 6.04. The Kier molecular flexibility index (Phi) is 3.84. The van der Waals surface area contributed by atoms with Crippen molar-refractivity contribution in [3.05, 3.63) is 57.1 Å². The van der Waals surface area contributed by atoms with Gasteiger partial charge in [-0.25, -0.2) is 9.78 Å². The van der Waals surface area contributed by atoms with Crippen molar-refractivity contribution in [2.45, 2.75) is 13.8 Å². The zero-order valence-corrected chi connectivity index (χ0v) is 11.4. The van der Waals surface area contributed by atoms with E-state index in [-0.39, 0.29) is 16.9 Å². The van der Waals surface area contributed by atoms with Gasteiger partial charge in [-0.3, -0.25) is 9.59 Å². The number of aromatic amines is 1. The number of hydrogen-bond donors (Lipinski definition) is 3. The van der Waals surface area contributed by atoms with Crippen molar-refractivity contribution in [2.75, 3.05) is 5.32 Å². The molecule has 0 saturated heterocycles. The summed E-state index contributed by atoms with van der Waals surface area (Å²) >= 11 is 0. The molecule has 0 aliphatic carbocycles. The Balaban J connectivity index is 2.33. The van der Waals surface area contributed by atoms with Crippen molar-refractivity contribution in [1.29, 1.82) is 0 Å². The number of H-pyrrole nitrogens is 1. The molecular weight excluding hydrogens is 274 g/mol. The van der Waals surface area contributed by atoms with E-state index in [4.69, 9.17) is 5.11 Å². The summed E-state index contributed by atoms with van der Waals surface area (Å²) in [7, 11) is 0. The van der Waals surface area contributed by atoms with Gasteiger partial charge in [0.1, 0.15) is 11.4 Å². The van der Waals surface area contributed by atoms with Crippen LogP contribution in [-0.2, 0) is 0 Å². The van der Waals surface area contributed by atoms with Crippen molar-refractivity contribution in [3.63, 3.8) is 0 Å². The quantitative estimate of drug-likeness (QED) is 0.788. The predicted molar refractivity (Wildman–Crippen MR) is 75.7 cm³/mol. The van der Waals surface area contributed by atoms with Crippen LogP contribution in [0.3, 0.4) is 0 Å². The largest absolute Gasteiger partial charge is 0.478 e. The van der Waals surface area contributed by atoms with Crippen molar-refractivity contribution in [3.8, 4) is 0 Å². The van der Waals surface area contributed by atoms with E-state index >= 15 is 0 Å². The molecule has 0 radical (unpaired) electrons. The highest BCUT2D eigenvalue weighted by Crippen LogP contribution is 2.10. The van der Waals surface area contributed by atoms with E-state index in [9.17, 15) is 14.4 Å². The molecule has 0 bridgehead atoms. The monoisotopic (exact) mass is 287 g/mol. The summed E-state index contributed by atoms with van der Waals surface area (Å²) in [5, 5.41) is 11.3. The molecule has 0 fully saturated rings. The summed E-state index contributed by atoms with van der Waals surface area (Å²) in [4.78, 5) is 41.2. The van der Waals surface area contributed by atoms with Crippen LogP contribution in [-0.4, -0.2) is 27.0 Å². The van der Waals surface area contributed by atoms with Crippen LogP contribution in [0.4, 0.5) is 5.82 Å². The molecule has 0 spiro atoms. The Morgan fingerprint density at radius 1 is 1.29 bits per heavy atom. The summed E-state index contributed by atoms with van der Waals surface area (Å²) in [5.74, 6) is -1.69. The maximum absolute atomic E-state index is 12.1. The van der Waals surface area contributed by atoms with E-state index in [0.717, 1.165) is 0 Å². The lowest BCUT2D eigenvalue weighted by Gasteiger charge is -2.07. The number of hydrogen-bond acceptors (Lipinski definition) is 4. The lowest BCUT2D eigenvalue weighted by molar-refractivity contribution is 0.0696. The summed E-state index contributed by atoms with van der Waals surface area (Å²) in [6.07, 6.45) is 1.27. The van der Waals surface area contributed by atoms with Crippen LogP contribution in [0.1, 0.15) is 32.0 Å². The summed E-state index contributed by atoms with van der Waals surface area (Å²) in [6.45, 7) is 3.37. The maximum Gasteiger partial charge on any atom is 0.335 e. The number of carboxylic acids is 1. The number of pyridine rings is 2. The normalized spacial score (nSPS) is 10.2. The van der Waals surface area contributed by atoms with Crippen LogP contribution in [0.5, 0.6) is 0 Å². The van der Waals surface area contributed by atoms with Gasteiger partial charge in [0.15, 0.2) is 0 Å². The van der Waals surface area contributed by atoms with Gasteiger partial charge in [0, 0.05) is 11.9 Å². The van der Waals surface area contributed by atoms with Gasteiger partial charge in [0.2, 0.25) is 0 Å². The van der Waals surface area contributed by atoms with Gasteiger partial charge in [0.25, 0.3) is 11.5 Å². The number of nitrogens with one attached hydrogen (secondary N) is 2. The Labute approximate surface area is 119 Å². The molecule has 0 atom stereocenters. The summed E-state index contributed by atoms with van der Waals surface area (Å²) in [5.41, 5.74) is 0.653. The number of aryl methyl sites for hydroxylation is 2. The fraction of sp³-hybridized carbons (Fsp3) is 0.143. The Bertz CT molecular complexity index is 780. The first kappa shape index (κ1) is 14.4. The molecule has 2 rings (SSSR count). The third kappa shape index (κ3) is 3.14. The molecule has 0 unspecified atom stereocenters. The molecule has 7 heteroatoms. The van der Waals surface area contributed by atoms with Crippen LogP contribution in [0, 0.1) is 13.8 Å². The van der Waals surface area contributed by atoms with E-state index in [1.165, 1.54) is 18.3 Å². The van der Waals surface area contributed by atoms with Crippen LogP contribution in [0.25, 0.3) is 0 Å². The number of carbonyl (C=O) groups is 2. The molecule has 0 aromatic carbocycles. The van der Waals surface area contributed by atoms with Gasteiger partial charge in [-0.05, 0) is 37.6 Å². The number of nitrogens with zero attached hydrogens (tertiary/aromatic N) is 1. The molecule has 0 saturated carbocycles. The number of rotatable bonds is 3. The second kappa shape index (κ2) is 5.58. The van der Waals surface area contributed by atoms with Gasteiger partial charge < -0.3 is 15.4 Å². The second-order valence-corrected chi connectivity index (χ2v) is 4.53. The molecule has 21 heavy (non-hydrogen) atoms. The van der Waals surface area contributed by atoms with Gasteiger partial charge >= 0.3 is 5.97 Å². The Morgan fingerprint density at radius 3 is 2.62 bits per heavy atom. The fourth-order valence-corrected chi connectivity index (χ4v) is 1.95. The number of carbonyl (C=O) groups excluding carboxylic acids is 1. The van der Waals surface area contributed by atoms with E-state index < -0.39 is 17.4 Å². The SMILES string of the molecule is Cc1cc(C)c(C(=O)Nc2cc(C(=O)O)ccn2)c(=O)[nH]1. The number of carboxylic acid groups (broad SMARTS) is 1. The molecule has 2 heterocycles. The molecule has 3 N–H and O–H groups in total. The van der Waals surface area contributed by atoms with Gasteiger partial charge in [-0.1, -0.05) is 0 Å². The maximum atomic E-state index is 12.1. The number of aromatic nitrogens is 2. The fourth-order valence-electron chi connectivity index (χ4n) is 1.95. The lowest BCUT2D eigenvalue weighted by atomic mass is 10.1. The predicted octanol–water partition coefficient (Wildman–Crippen LogP) is 1.34. The van der Waals surface area contributed by atoms with E-state index in [0.29, 0.717) is 11.3 Å². The minimum atomic E-state index is -1.13. The zero-order chi connectivity index (χ0) is 15.6. The van der Waals surface area contributed by atoms with Crippen LogP contribution < -0.4 is 10.9 Å². The minimum Gasteiger partial charge on any atom is -0.478 e. The Hall–Kier alpha value is -2.96. The summed E-state index contributed by atoms with van der Waals surface area (Å²) in [6, 6.07) is 4.21. The standard InChI is InChI=1S/C14H13N3O4/c1-7-5-8(2)16-12(18)11(7)13(19)17-10-6-9(14(20)21)3-4-15-10/h3-6H,1-2H3,(H,16,18)(H,20,21)(H,15,17,19). The van der Waals surface area contributed by atoms with Gasteiger partial charge in [-0.15, -0.1) is 0 Å². The van der Waals surface area contributed by atoms with Crippen LogP contribution in [0.2, 0.25) is 0 Å². The topological polar surface area (TPSA) is 112 Å². The second-order valence-electron chi connectivity index (χ2n) is 4.53. The average molecular weight is 287 g/mol. The molecular formula is C14H13N3O4. The average Bonchev–Trinajstić information content (AvgIpc) is 2.37. The van der Waals surface area contributed by atoms with Gasteiger partial charge in [0.05, 0.1) is 5.56 Å². The van der Waals surface area contributed by atoms with E-state index in [1.807, 2.05) is 0 Å². The van der Waals surface area contributed by atoms with Crippen molar-refractivity contribution in [2.24, 2.45) is 0 Å². The zero-order valence-electron chi connectivity index (χ0n) is 11.4. The van der Waals surface area contributed by atoms with Crippen LogP contribution in [0.15, 0.2) is 29.2 Å². The van der Waals surface area contributed by atoms with Crippen LogP contribution >= 0.6 is 0 Å². The first-order chi connectivity index (χ1) is 9.88. The Morgan fingerprint density at radius 2 is 2.00 bits per heavy atom. The molecule has 108 valence electrons. The number of anilines is 1. The van der Waals surface area contributed by atoms with Crippen molar-refractivity contribution in [1.82, 2.24) is 9.97 Å². The molecule has 2 aromatic rings. The smallest absolute Gasteiger partial charge is 0.335 e. The lowest BCUT2D eigenvalue weighted by Crippen LogP contribution is -2.25. The molecule has 1 amide bonds.